The Bertz CT molecular complexity index is 1980. The molecule has 8 rings (SSSR count). The molecule has 4 unspecified atom stereocenters. The number of H-pyrrole nitrogens is 1. The van der Waals surface area contributed by atoms with E-state index >= 15 is 0 Å². The number of nitrogens with zero attached hydrogens (tertiary/aromatic N) is 1. The first kappa shape index (κ1) is 29.6. The largest absolute Gasteiger partial charge is 0.483 e. The molecule has 7 atom stereocenters. The van der Waals surface area contributed by atoms with Gasteiger partial charge in [0.1, 0.15) is 11.6 Å². The Morgan fingerprint density at radius 3 is 2.57 bits per heavy atom. The van der Waals surface area contributed by atoms with E-state index in [1.165, 1.54) is 29.2 Å². The standard InChI is InChI=1S/C34H27BrFN3O5S2/c1-15-3-2-4-18(11-15)37-24(40)14-44-23-10-5-16(35)12-20(23)25-26-21-13-22(29(26)45-31-30(25)46-34(43)38-31)28-27(21)32(41)39(33(28)42)19-8-6-17(36)7-9-19/h2-12,21-22,25-29H,13-14H2,1H3,(H,37,40)(H,38,43)/t21-,22-,25-,26?,27?,28?,29?/m1/s1. The van der Waals surface area contributed by atoms with Gasteiger partial charge in [0.15, 0.2) is 6.61 Å². The van der Waals surface area contributed by atoms with E-state index in [4.69, 9.17) is 4.74 Å². The summed E-state index contributed by atoms with van der Waals surface area (Å²) in [5.41, 5.74) is 2.91. The fraction of sp³-hybridized carbons (Fsp3) is 0.294. The SMILES string of the molecule is Cc1cccc(NC(=O)COc2ccc(Br)cc2[C@H]2c3sc(=O)[nH]c3SC3C2[C@H]2C[C@@H]3C3C(=O)N(c4ccc(F)cc4)C(=O)C32)c1. The first-order valence-electron chi connectivity index (χ1n) is 15.0. The van der Waals surface area contributed by atoms with Crippen molar-refractivity contribution in [2.75, 3.05) is 16.8 Å². The number of carbonyl (C=O) groups is 3. The third kappa shape index (κ3) is 4.75. The molecule has 12 heteroatoms. The average molecular weight is 721 g/mol. The minimum atomic E-state index is -0.499. The molecular weight excluding hydrogens is 693 g/mol. The number of hydrogen-bond acceptors (Lipinski definition) is 7. The van der Waals surface area contributed by atoms with Crippen molar-refractivity contribution in [2.45, 2.75) is 29.5 Å². The number of carbonyl (C=O) groups excluding carboxylic acids is 3. The maximum absolute atomic E-state index is 14.0. The third-order valence-corrected chi connectivity index (χ3v) is 12.9. The summed E-state index contributed by atoms with van der Waals surface area (Å²) in [6.45, 7) is 1.73. The van der Waals surface area contributed by atoms with E-state index in [2.05, 4.69) is 26.2 Å². The van der Waals surface area contributed by atoms with Gasteiger partial charge in [0, 0.05) is 31.8 Å². The van der Waals surface area contributed by atoms with Gasteiger partial charge < -0.3 is 15.0 Å². The van der Waals surface area contributed by atoms with Crippen molar-refractivity contribution >= 4 is 68.1 Å². The summed E-state index contributed by atoms with van der Waals surface area (Å²) in [4.78, 5) is 58.4. The molecule has 2 bridgehead atoms. The number of nitrogens with one attached hydrogen (secondary N) is 2. The number of aryl methyl sites for hydroxylation is 1. The summed E-state index contributed by atoms with van der Waals surface area (Å²) in [5.74, 6) is -2.20. The maximum atomic E-state index is 14.0. The highest BCUT2D eigenvalue weighted by atomic mass is 79.9. The number of hydrogen-bond donors (Lipinski definition) is 2. The molecule has 2 aliphatic carbocycles. The van der Waals surface area contributed by atoms with E-state index in [9.17, 15) is 23.6 Å². The van der Waals surface area contributed by atoms with Crippen LogP contribution in [-0.4, -0.2) is 34.6 Å². The number of benzene rings is 3. The molecule has 3 aromatic carbocycles. The minimum absolute atomic E-state index is 0.0182. The first-order valence-corrected chi connectivity index (χ1v) is 17.5. The lowest BCUT2D eigenvalue weighted by molar-refractivity contribution is -0.123. The number of ether oxygens (including phenoxy) is 1. The molecule has 4 aromatic rings. The molecule has 0 radical (unpaired) electrons. The molecule has 8 nitrogen and oxygen atoms in total. The predicted octanol–water partition coefficient (Wildman–Crippen LogP) is 6.34. The van der Waals surface area contributed by atoms with Crippen LogP contribution >= 0.6 is 39.0 Å². The van der Waals surface area contributed by atoms with E-state index < -0.39 is 17.7 Å². The minimum Gasteiger partial charge on any atom is -0.483 e. The van der Waals surface area contributed by atoms with Crippen LogP contribution in [-0.2, 0) is 14.4 Å². The second-order valence-electron chi connectivity index (χ2n) is 12.3. The van der Waals surface area contributed by atoms with E-state index in [0.717, 1.165) is 43.3 Å². The van der Waals surface area contributed by atoms with Crippen molar-refractivity contribution in [2.24, 2.45) is 29.6 Å². The Kier molecular flexibility index (Phi) is 7.22. The number of aromatic amines is 1. The average Bonchev–Trinajstić information content (AvgIpc) is 3.76. The molecule has 3 heterocycles. The van der Waals surface area contributed by atoms with Crippen molar-refractivity contribution in [3.63, 3.8) is 0 Å². The highest BCUT2D eigenvalue weighted by molar-refractivity contribution is 9.10. The zero-order valence-electron chi connectivity index (χ0n) is 24.4. The monoisotopic (exact) mass is 719 g/mol. The lowest BCUT2D eigenvalue weighted by Gasteiger charge is -2.43. The Morgan fingerprint density at radius 1 is 1.04 bits per heavy atom. The van der Waals surface area contributed by atoms with Crippen molar-refractivity contribution < 1.29 is 23.5 Å². The fourth-order valence-corrected chi connectivity index (χ4v) is 11.4. The van der Waals surface area contributed by atoms with E-state index in [-0.39, 0.29) is 58.1 Å². The highest BCUT2D eigenvalue weighted by Crippen LogP contribution is 2.69. The van der Waals surface area contributed by atoms with Gasteiger partial charge in [-0.15, -0.1) is 11.8 Å². The van der Waals surface area contributed by atoms with Crippen LogP contribution < -0.4 is 19.8 Å². The maximum Gasteiger partial charge on any atom is 0.305 e. The highest BCUT2D eigenvalue weighted by Gasteiger charge is 2.69. The number of anilines is 2. The van der Waals surface area contributed by atoms with Gasteiger partial charge in [-0.1, -0.05) is 39.4 Å². The van der Waals surface area contributed by atoms with E-state index in [1.807, 2.05) is 49.4 Å². The fourth-order valence-electron chi connectivity index (χ4n) is 8.17. The van der Waals surface area contributed by atoms with Crippen LogP contribution in [0.25, 0.3) is 0 Å². The lowest BCUT2D eigenvalue weighted by atomic mass is 9.68. The number of thiazole rings is 1. The van der Waals surface area contributed by atoms with Crippen LogP contribution in [0.1, 0.15) is 28.3 Å². The first-order chi connectivity index (χ1) is 22.2. The van der Waals surface area contributed by atoms with Gasteiger partial charge >= 0.3 is 4.87 Å². The molecule has 2 N–H and O–H groups in total. The quantitative estimate of drug-likeness (QED) is 0.225. The zero-order chi connectivity index (χ0) is 31.9. The molecule has 3 fully saturated rings. The van der Waals surface area contributed by atoms with Crippen LogP contribution in [0, 0.1) is 42.3 Å². The summed E-state index contributed by atoms with van der Waals surface area (Å²) in [7, 11) is 0. The summed E-state index contributed by atoms with van der Waals surface area (Å²) < 4.78 is 20.7. The molecule has 0 spiro atoms. The number of rotatable bonds is 6. The Balaban J connectivity index is 1.14. The molecule has 1 aromatic heterocycles. The molecule has 46 heavy (non-hydrogen) atoms. The van der Waals surface area contributed by atoms with Crippen molar-refractivity contribution in [1.29, 1.82) is 0 Å². The topological polar surface area (TPSA) is 109 Å². The summed E-state index contributed by atoms with van der Waals surface area (Å²) in [6.07, 6.45) is 0.727. The zero-order valence-corrected chi connectivity index (χ0v) is 27.6. The van der Waals surface area contributed by atoms with Crippen LogP contribution in [0.4, 0.5) is 15.8 Å². The Labute approximate surface area is 279 Å². The van der Waals surface area contributed by atoms with E-state index in [1.54, 1.807) is 11.8 Å². The van der Waals surface area contributed by atoms with Gasteiger partial charge in [0.25, 0.3) is 5.91 Å². The van der Waals surface area contributed by atoms with Gasteiger partial charge in [-0.05, 0) is 91.3 Å². The summed E-state index contributed by atoms with van der Waals surface area (Å²) >= 11 is 6.37. The van der Waals surface area contributed by atoms with Gasteiger partial charge in [-0.3, -0.25) is 24.1 Å². The molecule has 3 amide bonds. The van der Waals surface area contributed by atoms with Crippen molar-refractivity contribution in [3.8, 4) is 5.75 Å². The number of fused-ring (bicyclic) bond motifs is 9. The molecule has 4 aliphatic rings. The van der Waals surface area contributed by atoms with Crippen LogP contribution in [0.3, 0.4) is 0 Å². The smallest absolute Gasteiger partial charge is 0.305 e. The molecule has 2 aliphatic heterocycles. The van der Waals surface area contributed by atoms with Crippen molar-refractivity contribution in [1.82, 2.24) is 4.98 Å². The Hall–Kier alpha value is -3.74. The summed E-state index contributed by atoms with van der Waals surface area (Å²) in [5, 5.41) is 3.64. The second-order valence-corrected chi connectivity index (χ2v) is 15.5. The third-order valence-electron chi connectivity index (χ3n) is 9.78. The Morgan fingerprint density at radius 2 is 1.80 bits per heavy atom. The van der Waals surface area contributed by atoms with Crippen molar-refractivity contribution in [3.05, 3.63) is 103 Å². The molecular formula is C34H27BrFN3O5S2. The number of amides is 3. The number of thioether (sulfide) groups is 1. The van der Waals surface area contributed by atoms with E-state index in [0.29, 0.717) is 17.1 Å². The lowest BCUT2D eigenvalue weighted by Crippen LogP contribution is -2.42. The number of halogens is 2. The second kappa shape index (κ2) is 11.2. The molecule has 1 saturated heterocycles. The number of imide groups is 1. The van der Waals surface area contributed by atoms with Crippen LogP contribution in [0.2, 0.25) is 0 Å². The molecule has 234 valence electrons. The van der Waals surface area contributed by atoms with Crippen LogP contribution in [0.15, 0.2) is 81.0 Å². The normalized spacial score (nSPS) is 27.4. The van der Waals surface area contributed by atoms with Gasteiger partial charge in [0.2, 0.25) is 11.8 Å². The van der Waals surface area contributed by atoms with Gasteiger partial charge in [-0.2, -0.15) is 0 Å². The number of aromatic nitrogens is 1. The summed E-state index contributed by atoms with van der Waals surface area (Å²) in [6, 6.07) is 18.6. The van der Waals surface area contributed by atoms with Gasteiger partial charge in [-0.25, -0.2) is 4.39 Å². The predicted molar refractivity (Wildman–Crippen MR) is 177 cm³/mol. The molecule has 2 saturated carbocycles. The van der Waals surface area contributed by atoms with Crippen LogP contribution in [0.5, 0.6) is 5.75 Å². The van der Waals surface area contributed by atoms with Gasteiger partial charge in [0.05, 0.1) is 22.5 Å².